The van der Waals surface area contributed by atoms with Gasteiger partial charge in [-0.15, -0.1) is 0 Å². The third-order valence-corrected chi connectivity index (χ3v) is 4.43. The van der Waals surface area contributed by atoms with Crippen LogP contribution in [0.1, 0.15) is 33.1 Å². The highest BCUT2D eigenvalue weighted by molar-refractivity contribution is 5.75. The van der Waals surface area contributed by atoms with E-state index in [4.69, 9.17) is 0 Å². The van der Waals surface area contributed by atoms with E-state index in [1.54, 1.807) is 12.4 Å². The van der Waals surface area contributed by atoms with Gasteiger partial charge in [0.2, 0.25) is 11.9 Å². The van der Waals surface area contributed by atoms with Crippen LogP contribution in [0.3, 0.4) is 0 Å². The number of rotatable bonds is 8. The molecule has 1 amide bonds. The predicted molar refractivity (Wildman–Crippen MR) is 97.0 cm³/mol. The Balaban J connectivity index is 1.59. The number of hydrogen-bond acceptors (Lipinski definition) is 5. The van der Waals surface area contributed by atoms with E-state index in [2.05, 4.69) is 33.6 Å². The minimum Gasteiger partial charge on any atom is -0.346 e. The van der Waals surface area contributed by atoms with Crippen molar-refractivity contribution >= 4 is 11.9 Å². The van der Waals surface area contributed by atoms with E-state index in [1.165, 1.54) is 0 Å². The Kier molecular flexibility index (Phi) is 7.43. The van der Waals surface area contributed by atoms with Gasteiger partial charge in [-0.25, -0.2) is 9.97 Å². The van der Waals surface area contributed by atoms with E-state index < -0.39 is 0 Å². The number of amides is 1. The highest BCUT2D eigenvalue weighted by Gasteiger charge is 2.18. The van der Waals surface area contributed by atoms with Gasteiger partial charge in [-0.1, -0.05) is 13.8 Å². The van der Waals surface area contributed by atoms with Crippen molar-refractivity contribution in [2.75, 3.05) is 51.2 Å². The largest absolute Gasteiger partial charge is 0.346 e. The second-order valence-corrected chi connectivity index (χ2v) is 7.00. The first-order chi connectivity index (χ1) is 11.6. The fraction of sp³-hybridized carbons (Fsp3) is 0.722. The summed E-state index contributed by atoms with van der Waals surface area (Å²) in [7, 11) is 1.92. The molecule has 0 radical (unpaired) electrons. The molecular formula is C18H31N5O. The molecule has 0 aliphatic carbocycles. The Morgan fingerprint density at radius 3 is 2.46 bits per heavy atom. The second-order valence-electron chi connectivity index (χ2n) is 7.00. The van der Waals surface area contributed by atoms with Crippen molar-refractivity contribution in [3.05, 3.63) is 18.5 Å². The molecule has 1 aromatic heterocycles. The molecule has 2 rings (SSSR count). The van der Waals surface area contributed by atoms with Crippen LogP contribution < -0.4 is 4.90 Å². The molecule has 2 heterocycles. The van der Waals surface area contributed by atoms with Gasteiger partial charge >= 0.3 is 0 Å². The lowest BCUT2D eigenvalue weighted by molar-refractivity contribution is -0.130. The van der Waals surface area contributed by atoms with Crippen LogP contribution in [-0.2, 0) is 4.79 Å². The number of piperazine rings is 1. The Bertz CT molecular complexity index is 485. The van der Waals surface area contributed by atoms with E-state index in [9.17, 15) is 4.79 Å². The van der Waals surface area contributed by atoms with E-state index in [1.807, 2.05) is 18.0 Å². The number of hydrogen-bond donors (Lipinski definition) is 0. The van der Waals surface area contributed by atoms with Crippen molar-refractivity contribution in [1.82, 2.24) is 19.8 Å². The van der Waals surface area contributed by atoms with Crippen LogP contribution in [0.5, 0.6) is 0 Å². The van der Waals surface area contributed by atoms with Crippen LogP contribution in [-0.4, -0.2) is 72.0 Å². The fourth-order valence-electron chi connectivity index (χ4n) is 2.94. The summed E-state index contributed by atoms with van der Waals surface area (Å²) in [6.07, 6.45) is 6.46. The molecule has 6 nitrogen and oxygen atoms in total. The van der Waals surface area contributed by atoms with Gasteiger partial charge < -0.3 is 9.80 Å². The molecule has 0 aromatic carbocycles. The van der Waals surface area contributed by atoms with Crippen LogP contribution in [0.2, 0.25) is 0 Å². The predicted octanol–water partition coefficient (Wildman–Crippen LogP) is 1.88. The summed E-state index contributed by atoms with van der Waals surface area (Å²) < 4.78 is 0. The minimum absolute atomic E-state index is 0.265. The van der Waals surface area contributed by atoms with Crippen LogP contribution in [0.15, 0.2) is 18.5 Å². The summed E-state index contributed by atoms with van der Waals surface area (Å²) >= 11 is 0. The van der Waals surface area contributed by atoms with Crippen molar-refractivity contribution in [2.45, 2.75) is 33.1 Å². The zero-order valence-electron chi connectivity index (χ0n) is 15.3. The number of nitrogens with zero attached hydrogens (tertiary/aromatic N) is 5. The lowest BCUT2D eigenvalue weighted by Gasteiger charge is -2.34. The lowest BCUT2D eigenvalue weighted by Crippen LogP contribution is -2.47. The Hall–Kier alpha value is -1.69. The molecule has 1 aromatic rings. The molecule has 1 aliphatic rings. The van der Waals surface area contributed by atoms with Crippen molar-refractivity contribution in [1.29, 1.82) is 0 Å². The highest BCUT2D eigenvalue weighted by atomic mass is 16.2. The quantitative estimate of drug-likeness (QED) is 0.680. The molecule has 1 aliphatic heterocycles. The molecule has 134 valence electrons. The molecule has 0 bridgehead atoms. The highest BCUT2D eigenvalue weighted by Crippen LogP contribution is 2.10. The summed E-state index contributed by atoms with van der Waals surface area (Å²) in [4.78, 5) is 27.2. The fourth-order valence-corrected chi connectivity index (χ4v) is 2.94. The van der Waals surface area contributed by atoms with Crippen molar-refractivity contribution in [2.24, 2.45) is 5.92 Å². The minimum atomic E-state index is 0.265. The molecular weight excluding hydrogens is 302 g/mol. The Morgan fingerprint density at radius 1 is 1.17 bits per heavy atom. The summed E-state index contributed by atoms with van der Waals surface area (Å²) in [5, 5.41) is 0. The van der Waals surface area contributed by atoms with Gasteiger partial charge in [0, 0.05) is 58.6 Å². The molecule has 0 atom stereocenters. The number of anilines is 1. The van der Waals surface area contributed by atoms with Gasteiger partial charge in [0.1, 0.15) is 0 Å². The van der Waals surface area contributed by atoms with Crippen LogP contribution in [0.25, 0.3) is 0 Å². The number of carbonyl (C=O) groups excluding carboxylic acids is 1. The normalized spacial score (nSPS) is 15.8. The van der Waals surface area contributed by atoms with Gasteiger partial charge in [0.15, 0.2) is 0 Å². The first-order valence-electron chi connectivity index (χ1n) is 9.04. The topological polar surface area (TPSA) is 52.6 Å². The zero-order chi connectivity index (χ0) is 17.4. The molecule has 6 heteroatoms. The average molecular weight is 333 g/mol. The summed E-state index contributed by atoms with van der Waals surface area (Å²) in [6, 6.07) is 1.85. The van der Waals surface area contributed by atoms with Gasteiger partial charge in [0.05, 0.1) is 0 Å². The maximum atomic E-state index is 11.9. The Labute approximate surface area is 145 Å². The van der Waals surface area contributed by atoms with E-state index >= 15 is 0 Å². The smallest absolute Gasteiger partial charge is 0.225 e. The molecule has 0 unspecified atom stereocenters. The molecule has 0 N–H and O–H groups in total. The van der Waals surface area contributed by atoms with Gasteiger partial charge in [-0.05, 0) is 31.4 Å². The van der Waals surface area contributed by atoms with Gasteiger partial charge in [0.25, 0.3) is 0 Å². The molecule has 1 fully saturated rings. The third kappa shape index (κ3) is 6.07. The van der Waals surface area contributed by atoms with Gasteiger partial charge in [-0.2, -0.15) is 0 Å². The molecule has 0 saturated carbocycles. The van der Waals surface area contributed by atoms with Gasteiger partial charge in [-0.3, -0.25) is 9.69 Å². The number of carbonyl (C=O) groups is 1. The first-order valence-corrected chi connectivity index (χ1v) is 9.04. The number of unbranched alkanes of at least 4 members (excludes halogenated alkanes) is 1. The van der Waals surface area contributed by atoms with E-state index in [-0.39, 0.29) is 5.91 Å². The summed E-state index contributed by atoms with van der Waals surface area (Å²) in [5.41, 5.74) is 0. The average Bonchev–Trinajstić information content (AvgIpc) is 2.59. The van der Waals surface area contributed by atoms with Crippen LogP contribution in [0.4, 0.5) is 5.95 Å². The maximum Gasteiger partial charge on any atom is 0.225 e. The monoisotopic (exact) mass is 333 g/mol. The molecule has 0 spiro atoms. The zero-order valence-corrected chi connectivity index (χ0v) is 15.3. The second kappa shape index (κ2) is 9.57. The molecule has 1 saturated heterocycles. The van der Waals surface area contributed by atoms with Crippen LogP contribution >= 0.6 is 0 Å². The van der Waals surface area contributed by atoms with E-state index in [0.29, 0.717) is 12.3 Å². The maximum absolute atomic E-state index is 11.9. The lowest BCUT2D eigenvalue weighted by atomic mass is 10.1. The number of aromatic nitrogens is 2. The van der Waals surface area contributed by atoms with Crippen molar-refractivity contribution in [3.8, 4) is 0 Å². The van der Waals surface area contributed by atoms with E-state index in [0.717, 1.165) is 58.1 Å². The van der Waals surface area contributed by atoms with Crippen molar-refractivity contribution < 1.29 is 4.79 Å². The standard InChI is InChI=1S/C18H31N5O/c1-16(2)15-17(24)21(3)9-4-5-10-22-11-13-23(14-12-22)18-19-7-6-8-20-18/h6-8,16H,4-5,9-15H2,1-3H3. The molecule has 24 heavy (non-hydrogen) atoms. The first kappa shape index (κ1) is 18.6. The SMILES string of the molecule is CC(C)CC(=O)N(C)CCCCN1CCN(c2ncccn2)CC1. The Morgan fingerprint density at radius 2 is 1.83 bits per heavy atom. The third-order valence-electron chi connectivity index (χ3n) is 4.43. The summed E-state index contributed by atoms with van der Waals surface area (Å²) in [6.45, 7) is 10.2. The summed E-state index contributed by atoms with van der Waals surface area (Å²) in [5.74, 6) is 1.54. The van der Waals surface area contributed by atoms with Crippen LogP contribution in [0, 0.1) is 5.92 Å². The van der Waals surface area contributed by atoms with Crippen molar-refractivity contribution in [3.63, 3.8) is 0 Å².